The lowest BCUT2D eigenvalue weighted by Crippen LogP contribution is -2.64. The second kappa shape index (κ2) is 5.61. The summed E-state index contributed by atoms with van der Waals surface area (Å²) in [7, 11) is 0. The van der Waals surface area contributed by atoms with E-state index in [-0.39, 0.29) is 23.8 Å². The molecule has 2 fully saturated rings. The fraction of sp³-hybridized carbons (Fsp3) is 0.467. The number of benzene rings is 1. The van der Waals surface area contributed by atoms with Crippen LogP contribution in [0.4, 0.5) is 5.69 Å². The molecule has 1 aromatic carbocycles. The molecule has 21 heavy (non-hydrogen) atoms. The molecule has 1 aliphatic heterocycles. The highest BCUT2D eigenvalue weighted by Gasteiger charge is 2.46. The van der Waals surface area contributed by atoms with Gasteiger partial charge in [-0.1, -0.05) is 18.5 Å². The maximum absolute atomic E-state index is 12.8. The summed E-state index contributed by atoms with van der Waals surface area (Å²) in [5.41, 5.74) is 0.681. The summed E-state index contributed by atoms with van der Waals surface area (Å²) >= 11 is 9.48. The van der Waals surface area contributed by atoms with E-state index in [0.717, 1.165) is 17.3 Å². The second-order valence-electron chi connectivity index (χ2n) is 5.55. The summed E-state index contributed by atoms with van der Waals surface area (Å²) in [6.45, 7) is 1.91. The lowest BCUT2D eigenvalue weighted by atomic mass is 10.0. The first-order valence-corrected chi connectivity index (χ1v) is 8.28. The molecular weight excluding hydrogens is 356 g/mol. The Bertz CT molecular complexity index is 603. The van der Waals surface area contributed by atoms with Crippen LogP contribution in [0.1, 0.15) is 26.2 Å². The van der Waals surface area contributed by atoms with Crippen LogP contribution >= 0.6 is 27.5 Å². The molecule has 0 radical (unpaired) electrons. The molecule has 4 nitrogen and oxygen atoms in total. The molecule has 6 heteroatoms. The minimum Gasteiger partial charge on any atom is -0.342 e. The van der Waals surface area contributed by atoms with Crippen molar-refractivity contribution in [3.05, 3.63) is 27.7 Å². The van der Waals surface area contributed by atoms with E-state index in [1.54, 1.807) is 17.0 Å². The van der Waals surface area contributed by atoms with Crippen LogP contribution in [0, 0.1) is 5.92 Å². The summed E-state index contributed by atoms with van der Waals surface area (Å²) in [6, 6.07) is 4.50. The Morgan fingerprint density at radius 2 is 2.10 bits per heavy atom. The molecule has 1 N–H and O–H groups in total. The van der Waals surface area contributed by atoms with Gasteiger partial charge >= 0.3 is 0 Å². The molecular formula is C15H16BrClN2O2. The second-order valence-corrected chi connectivity index (χ2v) is 6.82. The van der Waals surface area contributed by atoms with Crippen molar-refractivity contribution < 1.29 is 9.59 Å². The average Bonchev–Trinajstić information content (AvgIpc) is 3.28. The number of carbonyl (C=O) groups excluding carboxylic acids is 2. The quantitative estimate of drug-likeness (QED) is 0.887. The van der Waals surface area contributed by atoms with Crippen molar-refractivity contribution in [2.75, 3.05) is 4.90 Å². The van der Waals surface area contributed by atoms with Crippen LogP contribution in [0.15, 0.2) is 22.7 Å². The van der Waals surface area contributed by atoms with Crippen LogP contribution in [0.3, 0.4) is 0 Å². The SMILES string of the molecule is CCC1C(=O)NC(C2CC2)C(=O)N1c1ccc(Br)c(Cl)c1. The molecule has 1 saturated carbocycles. The number of nitrogens with one attached hydrogen (secondary N) is 1. The molecule has 1 saturated heterocycles. The number of rotatable bonds is 3. The zero-order chi connectivity index (χ0) is 15.1. The number of halogens is 2. The van der Waals surface area contributed by atoms with E-state index in [2.05, 4.69) is 21.2 Å². The maximum Gasteiger partial charge on any atom is 0.250 e. The van der Waals surface area contributed by atoms with E-state index in [0.29, 0.717) is 17.1 Å². The van der Waals surface area contributed by atoms with Gasteiger partial charge in [-0.15, -0.1) is 0 Å². The van der Waals surface area contributed by atoms with E-state index in [1.807, 2.05) is 13.0 Å². The van der Waals surface area contributed by atoms with Crippen LogP contribution in [0.2, 0.25) is 5.02 Å². The summed E-state index contributed by atoms with van der Waals surface area (Å²) in [6.07, 6.45) is 2.58. The predicted octanol–water partition coefficient (Wildman–Crippen LogP) is 3.12. The van der Waals surface area contributed by atoms with E-state index in [9.17, 15) is 9.59 Å². The van der Waals surface area contributed by atoms with Gasteiger partial charge in [-0.3, -0.25) is 14.5 Å². The average molecular weight is 372 g/mol. The third kappa shape index (κ3) is 2.69. The van der Waals surface area contributed by atoms with Crippen LogP contribution < -0.4 is 10.2 Å². The van der Waals surface area contributed by atoms with Gasteiger partial charge in [0, 0.05) is 10.2 Å². The number of carbonyl (C=O) groups is 2. The monoisotopic (exact) mass is 370 g/mol. The largest absolute Gasteiger partial charge is 0.342 e. The van der Waals surface area contributed by atoms with E-state index >= 15 is 0 Å². The molecule has 2 amide bonds. The highest BCUT2D eigenvalue weighted by atomic mass is 79.9. The summed E-state index contributed by atoms with van der Waals surface area (Å²) in [5.74, 6) is 0.183. The fourth-order valence-electron chi connectivity index (χ4n) is 2.79. The highest BCUT2D eigenvalue weighted by molar-refractivity contribution is 9.10. The van der Waals surface area contributed by atoms with Gasteiger partial charge in [0.05, 0.1) is 5.02 Å². The van der Waals surface area contributed by atoms with Crippen molar-refractivity contribution >= 4 is 45.0 Å². The van der Waals surface area contributed by atoms with Crippen molar-refractivity contribution in [1.29, 1.82) is 0 Å². The first-order valence-electron chi connectivity index (χ1n) is 7.11. The maximum atomic E-state index is 12.8. The molecule has 2 aliphatic rings. The van der Waals surface area contributed by atoms with E-state index < -0.39 is 6.04 Å². The summed E-state index contributed by atoms with van der Waals surface area (Å²) in [4.78, 5) is 26.7. The van der Waals surface area contributed by atoms with E-state index in [4.69, 9.17) is 11.6 Å². The van der Waals surface area contributed by atoms with Crippen molar-refractivity contribution in [3.63, 3.8) is 0 Å². The van der Waals surface area contributed by atoms with Crippen molar-refractivity contribution in [1.82, 2.24) is 5.32 Å². The molecule has 1 aromatic rings. The number of hydrogen-bond donors (Lipinski definition) is 1. The van der Waals surface area contributed by atoms with E-state index in [1.165, 1.54) is 0 Å². The van der Waals surface area contributed by atoms with Gasteiger partial charge < -0.3 is 5.32 Å². The third-order valence-corrected chi connectivity index (χ3v) is 5.31. The Kier molecular flexibility index (Phi) is 3.97. The Labute approximate surface area is 137 Å². The Morgan fingerprint density at radius 3 is 2.67 bits per heavy atom. The van der Waals surface area contributed by atoms with Gasteiger partial charge in [-0.25, -0.2) is 0 Å². The molecule has 112 valence electrons. The normalized spacial score (nSPS) is 26.0. The Hall–Kier alpha value is -1.07. The molecule has 3 rings (SSSR count). The molecule has 2 atom stereocenters. The zero-order valence-corrected chi connectivity index (χ0v) is 13.9. The minimum absolute atomic E-state index is 0.0256. The Morgan fingerprint density at radius 1 is 1.38 bits per heavy atom. The van der Waals surface area contributed by atoms with Gasteiger partial charge in [0.2, 0.25) is 5.91 Å². The zero-order valence-electron chi connectivity index (χ0n) is 11.6. The van der Waals surface area contributed by atoms with Crippen molar-refractivity contribution in [3.8, 4) is 0 Å². The van der Waals surface area contributed by atoms with Gasteiger partial charge in [0.1, 0.15) is 12.1 Å². The van der Waals surface area contributed by atoms with Crippen LogP contribution in [0.5, 0.6) is 0 Å². The van der Waals surface area contributed by atoms with Crippen molar-refractivity contribution in [2.45, 2.75) is 38.3 Å². The topological polar surface area (TPSA) is 49.4 Å². The van der Waals surface area contributed by atoms with Gasteiger partial charge in [0.15, 0.2) is 0 Å². The number of nitrogens with zero attached hydrogens (tertiary/aromatic N) is 1. The number of piperazine rings is 1. The molecule has 1 heterocycles. The summed E-state index contributed by atoms with van der Waals surface area (Å²) in [5, 5.41) is 3.41. The molecule has 2 unspecified atom stereocenters. The standard InChI is InChI=1S/C15H16BrClN2O2/c1-2-12-14(20)18-13(8-3-4-8)15(21)19(12)9-5-6-10(16)11(17)7-9/h5-8,12-13H,2-4H2,1H3,(H,18,20). The Balaban J connectivity index is 1.99. The number of hydrogen-bond acceptors (Lipinski definition) is 2. The van der Waals surface area contributed by atoms with Crippen LogP contribution in [-0.4, -0.2) is 23.9 Å². The molecule has 0 spiro atoms. The highest BCUT2D eigenvalue weighted by Crippen LogP contribution is 2.37. The third-order valence-electron chi connectivity index (χ3n) is 4.08. The molecule has 1 aliphatic carbocycles. The fourth-order valence-corrected chi connectivity index (χ4v) is 3.21. The molecule has 0 aromatic heterocycles. The lowest BCUT2D eigenvalue weighted by Gasteiger charge is -2.39. The smallest absolute Gasteiger partial charge is 0.250 e. The van der Waals surface area contributed by atoms with Gasteiger partial charge in [-0.2, -0.15) is 0 Å². The van der Waals surface area contributed by atoms with Crippen molar-refractivity contribution in [2.24, 2.45) is 5.92 Å². The van der Waals surface area contributed by atoms with Crippen LogP contribution in [0.25, 0.3) is 0 Å². The minimum atomic E-state index is -0.468. The first-order chi connectivity index (χ1) is 10.0. The van der Waals surface area contributed by atoms with Gasteiger partial charge in [0.25, 0.3) is 5.91 Å². The number of anilines is 1. The molecule has 0 bridgehead atoms. The lowest BCUT2D eigenvalue weighted by molar-refractivity contribution is -0.134. The van der Waals surface area contributed by atoms with Crippen LogP contribution in [-0.2, 0) is 9.59 Å². The first kappa shape index (κ1) is 14.9. The number of amides is 2. The predicted molar refractivity (Wildman–Crippen MR) is 85.4 cm³/mol. The summed E-state index contributed by atoms with van der Waals surface area (Å²) < 4.78 is 0.772. The van der Waals surface area contributed by atoms with Gasteiger partial charge in [-0.05, 0) is 59.3 Å².